The second kappa shape index (κ2) is 5.13. The third-order valence-electron chi connectivity index (χ3n) is 2.98. The van der Waals surface area contributed by atoms with Gasteiger partial charge in [-0.2, -0.15) is 0 Å². The molecule has 0 atom stereocenters. The van der Waals surface area contributed by atoms with Crippen LogP contribution in [0.1, 0.15) is 31.2 Å². The number of allylic oxidation sites excluding steroid dienone is 2. The van der Waals surface area contributed by atoms with Crippen LogP contribution in [0, 0.1) is 5.82 Å². The lowest BCUT2D eigenvalue weighted by atomic mass is 10.0. The number of halogens is 1. The monoisotopic (exact) mass is 234 g/mol. The van der Waals surface area contributed by atoms with Crippen molar-refractivity contribution < 1.29 is 13.9 Å². The van der Waals surface area contributed by atoms with E-state index in [4.69, 9.17) is 4.74 Å². The van der Waals surface area contributed by atoms with Crippen molar-refractivity contribution in [2.24, 2.45) is 0 Å². The van der Waals surface area contributed by atoms with Gasteiger partial charge in [0.25, 0.3) is 0 Å². The highest BCUT2D eigenvalue weighted by Crippen LogP contribution is 2.27. The minimum Gasteiger partial charge on any atom is -0.494 e. The van der Waals surface area contributed by atoms with Crippen LogP contribution in [0.25, 0.3) is 5.57 Å². The van der Waals surface area contributed by atoms with E-state index in [-0.39, 0.29) is 17.3 Å². The molecule has 1 aliphatic rings. The van der Waals surface area contributed by atoms with E-state index in [2.05, 4.69) is 0 Å². The van der Waals surface area contributed by atoms with Gasteiger partial charge in [-0.05, 0) is 48.6 Å². The lowest BCUT2D eigenvalue weighted by Crippen LogP contribution is -1.93. The highest BCUT2D eigenvalue weighted by molar-refractivity contribution is 5.97. The molecule has 3 heteroatoms. The number of hydrogen-bond acceptors (Lipinski definition) is 2. The van der Waals surface area contributed by atoms with Crippen molar-refractivity contribution in [1.29, 1.82) is 0 Å². The van der Waals surface area contributed by atoms with Gasteiger partial charge in [-0.1, -0.05) is 6.07 Å². The van der Waals surface area contributed by atoms with E-state index in [0.29, 0.717) is 6.42 Å². The van der Waals surface area contributed by atoms with Gasteiger partial charge in [0.15, 0.2) is 17.3 Å². The number of ether oxygens (including phenoxy) is 1. The Morgan fingerprint density at radius 2 is 2.00 bits per heavy atom. The molecule has 1 aromatic rings. The van der Waals surface area contributed by atoms with Crippen molar-refractivity contribution in [2.75, 3.05) is 7.11 Å². The molecule has 0 aliphatic heterocycles. The van der Waals surface area contributed by atoms with Crippen molar-refractivity contribution in [3.8, 4) is 5.75 Å². The highest BCUT2D eigenvalue weighted by Gasteiger charge is 2.12. The molecule has 17 heavy (non-hydrogen) atoms. The normalized spacial score (nSPS) is 16.4. The van der Waals surface area contributed by atoms with E-state index in [0.717, 1.165) is 30.4 Å². The Hall–Kier alpha value is -1.64. The van der Waals surface area contributed by atoms with Gasteiger partial charge in [0.1, 0.15) is 0 Å². The quantitative estimate of drug-likeness (QED) is 0.784. The van der Waals surface area contributed by atoms with Gasteiger partial charge in [-0.3, -0.25) is 4.79 Å². The average molecular weight is 234 g/mol. The lowest BCUT2D eigenvalue weighted by molar-refractivity contribution is -0.114. The van der Waals surface area contributed by atoms with Gasteiger partial charge in [0.2, 0.25) is 0 Å². The lowest BCUT2D eigenvalue weighted by Gasteiger charge is -2.07. The summed E-state index contributed by atoms with van der Waals surface area (Å²) >= 11 is 0. The first-order valence-electron chi connectivity index (χ1n) is 5.78. The Morgan fingerprint density at radius 1 is 1.24 bits per heavy atom. The Morgan fingerprint density at radius 3 is 2.71 bits per heavy atom. The molecular weight excluding hydrogens is 219 g/mol. The third-order valence-corrected chi connectivity index (χ3v) is 2.98. The fraction of sp³-hybridized carbons (Fsp3) is 0.357. The van der Waals surface area contributed by atoms with Crippen molar-refractivity contribution in [3.05, 3.63) is 35.7 Å². The summed E-state index contributed by atoms with van der Waals surface area (Å²) in [7, 11) is 1.44. The fourth-order valence-corrected chi connectivity index (χ4v) is 2.05. The Labute approximate surface area is 100 Å². The number of carbonyl (C=O) groups is 1. The van der Waals surface area contributed by atoms with Gasteiger partial charge in [-0.15, -0.1) is 0 Å². The van der Waals surface area contributed by atoms with Crippen LogP contribution in [-0.2, 0) is 4.79 Å². The van der Waals surface area contributed by atoms with Crippen LogP contribution in [0.5, 0.6) is 5.75 Å². The van der Waals surface area contributed by atoms with E-state index >= 15 is 0 Å². The molecule has 90 valence electrons. The van der Waals surface area contributed by atoms with Crippen LogP contribution in [0.2, 0.25) is 0 Å². The molecule has 0 N–H and O–H groups in total. The number of benzene rings is 1. The third kappa shape index (κ3) is 2.73. The molecule has 0 fully saturated rings. The zero-order valence-corrected chi connectivity index (χ0v) is 9.83. The van der Waals surface area contributed by atoms with Gasteiger partial charge in [0, 0.05) is 6.42 Å². The molecule has 0 saturated heterocycles. The highest BCUT2D eigenvalue weighted by atomic mass is 19.1. The Balaban J connectivity index is 2.33. The summed E-state index contributed by atoms with van der Waals surface area (Å²) in [6, 6.07) is 4.83. The summed E-state index contributed by atoms with van der Waals surface area (Å²) in [6.07, 6.45) is 4.97. The summed E-state index contributed by atoms with van der Waals surface area (Å²) in [5, 5.41) is 0. The fourth-order valence-electron chi connectivity index (χ4n) is 2.05. The topological polar surface area (TPSA) is 26.3 Å². The largest absolute Gasteiger partial charge is 0.494 e. The van der Waals surface area contributed by atoms with Crippen LogP contribution >= 0.6 is 0 Å². The van der Waals surface area contributed by atoms with E-state index in [1.165, 1.54) is 13.2 Å². The first kappa shape index (κ1) is 11.8. The predicted octanol–water partition coefficient (Wildman–Crippen LogP) is 3.36. The number of hydrogen-bond donors (Lipinski definition) is 0. The standard InChI is InChI=1S/C14H15FO2/c1-17-14-7-6-11(9-13(14)15)10-4-2-3-5-12(16)8-10/h6-9H,2-5H2,1H3. The molecule has 0 aromatic heterocycles. The molecule has 0 saturated carbocycles. The van der Waals surface area contributed by atoms with Gasteiger partial charge >= 0.3 is 0 Å². The van der Waals surface area contributed by atoms with E-state index in [1.807, 2.05) is 0 Å². The maximum absolute atomic E-state index is 13.6. The van der Waals surface area contributed by atoms with Crippen LogP contribution in [0.15, 0.2) is 24.3 Å². The molecule has 0 radical (unpaired) electrons. The second-order valence-electron chi connectivity index (χ2n) is 4.19. The zero-order valence-electron chi connectivity index (χ0n) is 9.83. The molecule has 0 heterocycles. The molecule has 0 unspecified atom stereocenters. The molecule has 0 bridgehead atoms. The Kier molecular flexibility index (Phi) is 3.57. The smallest absolute Gasteiger partial charge is 0.165 e. The second-order valence-corrected chi connectivity index (χ2v) is 4.19. The molecule has 0 amide bonds. The van der Waals surface area contributed by atoms with Gasteiger partial charge in [-0.25, -0.2) is 4.39 Å². The minimum atomic E-state index is -0.386. The minimum absolute atomic E-state index is 0.133. The predicted molar refractivity (Wildman–Crippen MR) is 64.4 cm³/mol. The van der Waals surface area contributed by atoms with Crippen molar-refractivity contribution in [1.82, 2.24) is 0 Å². The summed E-state index contributed by atoms with van der Waals surface area (Å²) in [5.41, 5.74) is 1.70. The van der Waals surface area contributed by atoms with Gasteiger partial charge in [0.05, 0.1) is 7.11 Å². The molecular formula is C14H15FO2. The van der Waals surface area contributed by atoms with Crippen LogP contribution in [0.3, 0.4) is 0 Å². The van der Waals surface area contributed by atoms with Crippen molar-refractivity contribution in [3.63, 3.8) is 0 Å². The maximum atomic E-state index is 13.6. The van der Waals surface area contributed by atoms with Crippen molar-refractivity contribution >= 4 is 11.4 Å². The first-order chi connectivity index (χ1) is 8.20. The SMILES string of the molecule is COc1ccc(C2=CC(=O)CCCC2)cc1F. The summed E-state index contributed by atoms with van der Waals surface area (Å²) in [5.74, 6) is -0.0226. The molecule has 0 spiro atoms. The number of rotatable bonds is 2. The van der Waals surface area contributed by atoms with Gasteiger partial charge < -0.3 is 4.74 Å². The number of methoxy groups -OCH3 is 1. The summed E-state index contributed by atoms with van der Waals surface area (Å²) in [6.45, 7) is 0. The van der Waals surface area contributed by atoms with E-state index in [9.17, 15) is 9.18 Å². The van der Waals surface area contributed by atoms with Crippen LogP contribution in [-0.4, -0.2) is 12.9 Å². The zero-order chi connectivity index (χ0) is 12.3. The molecule has 1 aliphatic carbocycles. The summed E-state index contributed by atoms with van der Waals surface area (Å²) < 4.78 is 18.4. The first-order valence-corrected chi connectivity index (χ1v) is 5.78. The number of carbonyl (C=O) groups excluding carboxylic acids is 1. The van der Waals surface area contributed by atoms with Crippen LogP contribution < -0.4 is 4.74 Å². The van der Waals surface area contributed by atoms with Crippen molar-refractivity contribution in [2.45, 2.75) is 25.7 Å². The molecule has 1 aromatic carbocycles. The summed E-state index contributed by atoms with van der Waals surface area (Å²) in [4.78, 5) is 11.5. The average Bonchev–Trinajstić information content (AvgIpc) is 2.54. The van der Waals surface area contributed by atoms with E-state index < -0.39 is 0 Å². The van der Waals surface area contributed by atoms with Crippen LogP contribution in [0.4, 0.5) is 4.39 Å². The van der Waals surface area contributed by atoms with E-state index in [1.54, 1.807) is 18.2 Å². The Bertz CT molecular complexity index is 463. The number of ketones is 1. The maximum Gasteiger partial charge on any atom is 0.165 e. The molecule has 2 rings (SSSR count). The molecule has 2 nitrogen and oxygen atoms in total.